The van der Waals surface area contributed by atoms with Gasteiger partial charge < -0.3 is 11.1 Å². The van der Waals surface area contributed by atoms with Crippen LogP contribution in [-0.2, 0) is 4.79 Å². The van der Waals surface area contributed by atoms with Crippen LogP contribution >= 0.6 is 0 Å². The fraction of sp³-hybridized carbons (Fsp3) is 0.500. The average molecular weight is 304 g/mol. The van der Waals surface area contributed by atoms with Crippen LogP contribution in [0.4, 0.5) is 28.9 Å². The van der Waals surface area contributed by atoms with Crippen LogP contribution in [0.1, 0.15) is 25.7 Å². The first-order chi connectivity index (χ1) is 9.77. The van der Waals surface area contributed by atoms with Crippen LogP contribution in [0, 0.1) is 17.7 Å². The molecule has 1 aromatic rings. The molecule has 1 aliphatic rings. The maximum atomic E-state index is 13.2. The molecule has 1 amide bonds. The van der Waals surface area contributed by atoms with E-state index in [0.29, 0.717) is 12.8 Å². The van der Waals surface area contributed by atoms with Crippen molar-refractivity contribution in [2.75, 3.05) is 11.1 Å². The van der Waals surface area contributed by atoms with Crippen molar-refractivity contribution in [1.29, 1.82) is 0 Å². The molecule has 2 rings (SSSR count). The molecule has 21 heavy (non-hydrogen) atoms. The Labute approximate surface area is 119 Å². The van der Waals surface area contributed by atoms with E-state index in [-0.39, 0.29) is 24.2 Å². The molecule has 116 valence electrons. The van der Waals surface area contributed by atoms with Gasteiger partial charge in [0.2, 0.25) is 5.91 Å². The van der Waals surface area contributed by atoms with Crippen LogP contribution in [-0.4, -0.2) is 12.1 Å². The average Bonchev–Trinajstić information content (AvgIpc) is 2.36. The van der Waals surface area contributed by atoms with Gasteiger partial charge in [-0.25, -0.2) is 4.39 Å². The second-order valence-electron chi connectivity index (χ2n) is 5.30. The Hall–Kier alpha value is -1.79. The lowest BCUT2D eigenvalue weighted by atomic mass is 9.78. The highest BCUT2D eigenvalue weighted by molar-refractivity contribution is 5.93. The molecule has 0 spiro atoms. The Kier molecular flexibility index (Phi) is 4.39. The van der Waals surface area contributed by atoms with Crippen molar-refractivity contribution in [2.45, 2.75) is 31.9 Å². The van der Waals surface area contributed by atoms with Crippen molar-refractivity contribution in [2.24, 2.45) is 11.8 Å². The standard InChI is InChI=1S/C14H16F4N2O/c15-8-5-9(19)7-10(6-8)20-13(21)11-3-1-2-4-12(11)14(16,17)18/h5-7,11-12H,1-4,19H2,(H,20,21). The third kappa shape index (κ3) is 3.86. The molecule has 0 aliphatic heterocycles. The van der Waals surface area contributed by atoms with E-state index in [2.05, 4.69) is 5.32 Å². The summed E-state index contributed by atoms with van der Waals surface area (Å²) in [7, 11) is 0. The van der Waals surface area contributed by atoms with Gasteiger partial charge in [-0.15, -0.1) is 0 Å². The maximum Gasteiger partial charge on any atom is 0.392 e. The Bertz CT molecular complexity index is 510. The number of nitrogen functional groups attached to an aromatic ring is 1. The fourth-order valence-electron chi connectivity index (χ4n) is 2.76. The molecule has 0 heterocycles. The first kappa shape index (κ1) is 15.6. The number of rotatable bonds is 2. The minimum atomic E-state index is -4.40. The van der Waals surface area contributed by atoms with E-state index in [0.717, 1.165) is 12.1 Å². The zero-order chi connectivity index (χ0) is 15.6. The maximum absolute atomic E-state index is 13.2. The van der Waals surface area contributed by atoms with Crippen molar-refractivity contribution in [3.8, 4) is 0 Å². The molecule has 0 saturated heterocycles. The number of benzene rings is 1. The van der Waals surface area contributed by atoms with Gasteiger partial charge in [0.25, 0.3) is 0 Å². The number of carbonyl (C=O) groups is 1. The number of amides is 1. The third-order valence-corrected chi connectivity index (χ3v) is 3.71. The molecule has 1 aliphatic carbocycles. The summed E-state index contributed by atoms with van der Waals surface area (Å²) in [5, 5.41) is 2.34. The summed E-state index contributed by atoms with van der Waals surface area (Å²) in [5.41, 5.74) is 5.61. The van der Waals surface area contributed by atoms with Crippen molar-refractivity contribution >= 4 is 17.3 Å². The first-order valence-corrected chi connectivity index (χ1v) is 6.71. The zero-order valence-corrected chi connectivity index (χ0v) is 11.2. The quantitative estimate of drug-likeness (QED) is 0.646. The van der Waals surface area contributed by atoms with Crippen LogP contribution in [0.25, 0.3) is 0 Å². The molecular weight excluding hydrogens is 288 g/mol. The van der Waals surface area contributed by atoms with Gasteiger partial charge in [0, 0.05) is 17.3 Å². The van der Waals surface area contributed by atoms with Gasteiger partial charge in [-0.05, 0) is 31.0 Å². The van der Waals surface area contributed by atoms with Gasteiger partial charge >= 0.3 is 6.18 Å². The first-order valence-electron chi connectivity index (χ1n) is 6.71. The summed E-state index contributed by atoms with van der Waals surface area (Å²) in [6.07, 6.45) is -3.23. The normalized spacial score (nSPS) is 22.9. The van der Waals surface area contributed by atoms with Gasteiger partial charge in [-0.1, -0.05) is 12.8 Å². The molecule has 0 radical (unpaired) electrons. The Morgan fingerprint density at radius 2 is 1.86 bits per heavy atom. The largest absolute Gasteiger partial charge is 0.399 e. The molecule has 3 N–H and O–H groups in total. The van der Waals surface area contributed by atoms with E-state index in [4.69, 9.17) is 5.73 Å². The number of halogens is 4. The topological polar surface area (TPSA) is 55.1 Å². The molecule has 2 atom stereocenters. The van der Waals surface area contributed by atoms with Gasteiger partial charge in [0.1, 0.15) is 5.82 Å². The Balaban J connectivity index is 2.14. The number of hydrogen-bond donors (Lipinski definition) is 2. The second kappa shape index (κ2) is 5.91. The molecular formula is C14H16F4N2O. The highest BCUT2D eigenvalue weighted by atomic mass is 19.4. The summed E-state index contributed by atoms with van der Waals surface area (Å²) < 4.78 is 52.1. The van der Waals surface area contributed by atoms with Gasteiger partial charge in [0.15, 0.2) is 0 Å². The lowest BCUT2D eigenvalue weighted by molar-refractivity contribution is -0.197. The number of nitrogens with two attached hydrogens (primary N) is 1. The number of alkyl halides is 3. The second-order valence-corrected chi connectivity index (χ2v) is 5.30. The van der Waals surface area contributed by atoms with Gasteiger partial charge in [-0.3, -0.25) is 4.79 Å². The van der Waals surface area contributed by atoms with Gasteiger partial charge in [0.05, 0.1) is 5.92 Å². The monoisotopic (exact) mass is 304 g/mol. The van der Waals surface area contributed by atoms with E-state index < -0.39 is 29.7 Å². The lowest BCUT2D eigenvalue weighted by Crippen LogP contribution is -2.39. The highest BCUT2D eigenvalue weighted by Crippen LogP contribution is 2.41. The summed E-state index contributed by atoms with van der Waals surface area (Å²) in [4.78, 5) is 12.1. The number of anilines is 2. The summed E-state index contributed by atoms with van der Waals surface area (Å²) >= 11 is 0. The Morgan fingerprint density at radius 1 is 1.19 bits per heavy atom. The molecule has 0 bridgehead atoms. The fourth-order valence-corrected chi connectivity index (χ4v) is 2.76. The van der Waals surface area contributed by atoms with Gasteiger partial charge in [-0.2, -0.15) is 13.2 Å². The summed E-state index contributed by atoms with van der Waals surface area (Å²) in [6, 6.07) is 3.40. The van der Waals surface area contributed by atoms with Crippen LogP contribution in [0.15, 0.2) is 18.2 Å². The number of nitrogens with one attached hydrogen (secondary N) is 1. The molecule has 2 unspecified atom stereocenters. The van der Waals surface area contributed by atoms with E-state index in [1.807, 2.05) is 0 Å². The van der Waals surface area contributed by atoms with E-state index in [1.165, 1.54) is 6.07 Å². The molecule has 1 aromatic carbocycles. The van der Waals surface area contributed by atoms with E-state index in [1.54, 1.807) is 0 Å². The minimum Gasteiger partial charge on any atom is -0.399 e. The number of carbonyl (C=O) groups excluding carboxylic acids is 1. The Morgan fingerprint density at radius 3 is 2.48 bits per heavy atom. The van der Waals surface area contributed by atoms with Crippen molar-refractivity contribution in [1.82, 2.24) is 0 Å². The molecule has 0 aromatic heterocycles. The SMILES string of the molecule is Nc1cc(F)cc(NC(=O)C2CCCCC2C(F)(F)F)c1. The molecule has 3 nitrogen and oxygen atoms in total. The van der Waals surface area contributed by atoms with Crippen molar-refractivity contribution in [3.05, 3.63) is 24.0 Å². The lowest BCUT2D eigenvalue weighted by Gasteiger charge is -2.32. The summed E-state index contributed by atoms with van der Waals surface area (Å²) in [5.74, 6) is -4.16. The summed E-state index contributed by atoms with van der Waals surface area (Å²) in [6.45, 7) is 0. The molecule has 1 saturated carbocycles. The number of hydrogen-bond acceptors (Lipinski definition) is 2. The van der Waals surface area contributed by atoms with Crippen molar-refractivity contribution < 1.29 is 22.4 Å². The van der Waals surface area contributed by atoms with Crippen LogP contribution < -0.4 is 11.1 Å². The zero-order valence-electron chi connectivity index (χ0n) is 11.2. The minimum absolute atomic E-state index is 0.0487. The molecule has 7 heteroatoms. The third-order valence-electron chi connectivity index (χ3n) is 3.71. The smallest absolute Gasteiger partial charge is 0.392 e. The van der Waals surface area contributed by atoms with E-state index >= 15 is 0 Å². The van der Waals surface area contributed by atoms with E-state index in [9.17, 15) is 22.4 Å². The van der Waals surface area contributed by atoms with Crippen molar-refractivity contribution in [3.63, 3.8) is 0 Å². The predicted molar refractivity (Wildman–Crippen MR) is 70.9 cm³/mol. The highest BCUT2D eigenvalue weighted by Gasteiger charge is 2.48. The van der Waals surface area contributed by atoms with Crippen LogP contribution in [0.2, 0.25) is 0 Å². The van der Waals surface area contributed by atoms with Crippen LogP contribution in [0.5, 0.6) is 0 Å². The van der Waals surface area contributed by atoms with Crippen LogP contribution in [0.3, 0.4) is 0 Å². The molecule has 1 fully saturated rings. The predicted octanol–water partition coefficient (Wildman–Crippen LogP) is 3.72.